The zero-order valence-electron chi connectivity index (χ0n) is 18.1. The molecule has 2 aliphatic carbocycles. The molecule has 0 aliphatic heterocycles. The minimum atomic E-state index is -0.792. The molecule has 2 fully saturated rings. The summed E-state index contributed by atoms with van der Waals surface area (Å²) in [5.41, 5.74) is 9.09. The van der Waals surface area contributed by atoms with Crippen LogP contribution >= 0.6 is 0 Å². The molecule has 1 aromatic carbocycles. The lowest BCUT2D eigenvalue weighted by atomic mass is 9.91. The predicted molar refractivity (Wildman–Crippen MR) is 124 cm³/mol. The van der Waals surface area contributed by atoms with Crippen LogP contribution in [-0.2, 0) is 6.42 Å². The van der Waals surface area contributed by atoms with Crippen LogP contribution in [0.1, 0.15) is 49.8 Å². The zero-order chi connectivity index (χ0) is 21.9. The molecular weight excluding hydrogens is 388 g/mol. The van der Waals surface area contributed by atoms with E-state index in [1.54, 1.807) is 0 Å². The van der Waals surface area contributed by atoms with E-state index in [0.717, 1.165) is 41.5 Å². The number of hydrogen-bond acceptors (Lipinski definition) is 5. The lowest BCUT2D eigenvalue weighted by molar-refractivity contribution is -0.0194. The molecule has 2 aromatic heterocycles. The highest BCUT2D eigenvalue weighted by molar-refractivity contribution is 5.82. The first kappa shape index (κ1) is 20.2. The number of aryl methyl sites for hydroxylation is 1. The van der Waals surface area contributed by atoms with E-state index in [4.69, 9.17) is 5.73 Å². The molecule has 3 aromatic rings. The zero-order valence-corrected chi connectivity index (χ0v) is 18.1. The Hall–Kier alpha value is -2.70. The number of hydrogen-bond donors (Lipinski definition) is 3. The van der Waals surface area contributed by atoms with Crippen molar-refractivity contribution in [3.63, 3.8) is 0 Å². The number of aromatic nitrogens is 2. The first-order chi connectivity index (χ1) is 14.9. The van der Waals surface area contributed by atoms with Gasteiger partial charge in [-0.25, -0.2) is 9.98 Å². The number of benzene rings is 1. The summed E-state index contributed by atoms with van der Waals surface area (Å²) in [6, 6.07) is 12.1. The van der Waals surface area contributed by atoms with E-state index in [0.29, 0.717) is 11.7 Å². The highest BCUT2D eigenvalue weighted by Crippen LogP contribution is 2.69. The number of aliphatic hydroxyl groups excluding tert-OH is 2. The van der Waals surface area contributed by atoms with Crippen LogP contribution in [0.25, 0.3) is 10.9 Å². The number of aliphatic hydroxyl groups is 2. The molecule has 2 saturated carbocycles. The van der Waals surface area contributed by atoms with Gasteiger partial charge in [-0.1, -0.05) is 26.0 Å². The monoisotopic (exact) mass is 418 g/mol. The highest BCUT2D eigenvalue weighted by Gasteiger charge is 2.70. The summed E-state index contributed by atoms with van der Waals surface area (Å²) >= 11 is 0. The predicted octanol–water partition coefficient (Wildman–Crippen LogP) is 3.99. The van der Waals surface area contributed by atoms with Gasteiger partial charge >= 0.3 is 0 Å². The molecule has 4 N–H and O–H groups in total. The molecule has 0 unspecified atom stereocenters. The maximum atomic E-state index is 10.9. The van der Waals surface area contributed by atoms with Gasteiger partial charge in [0.15, 0.2) is 0 Å². The quantitative estimate of drug-likeness (QED) is 0.527. The maximum Gasteiger partial charge on any atom is 0.132 e. The van der Waals surface area contributed by atoms with Crippen molar-refractivity contribution in [2.24, 2.45) is 16.3 Å². The summed E-state index contributed by atoms with van der Waals surface area (Å²) in [4.78, 5) is 8.69. The fourth-order valence-electron chi connectivity index (χ4n) is 5.72. The van der Waals surface area contributed by atoms with Crippen LogP contribution in [0.15, 0.2) is 47.6 Å². The third-order valence-electron chi connectivity index (χ3n) is 7.54. The topological polar surface area (TPSA) is 96.7 Å². The van der Waals surface area contributed by atoms with E-state index < -0.39 is 12.2 Å². The van der Waals surface area contributed by atoms with Gasteiger partial charge in [0.1, 0.15) is 17.7 Å². The van der Waals surface area contributed by atoms with Gasteiger partial charge in [0, 0.05) is 17.0 Å². The lowest BCUT2D eigenvalue weighted by Crippen LogP contribution is -2.34. The van der Waals surface area contributed by atoms with Crippen LogP contribution in [0, 0.1) is 11.3 Å². The van der Waals surface area contributed by atoms with Crippen LogP contribution in [0.4, 0.5) is 11.6 Å². The Balaban J connectivity index is 1.36. The molecule has 5 rings (SSSR count). The van der Waals surface area contributed by atoms with Crippen LogP contribution < -0.4 is 5.73 Å². The molecule has 0 bridgehead atoms. The number of nitrogen functional groups attached to an aromatic ring is 1. The molecule has 0 radical (unpaired) electrons. The third kappa shape index (κ3) is 3.08. The number of fused-ring (bicyclic) bond motifs is 2. The van der Waals surface area contributed by atoms with E-state index in [1.165, 1.54) is 5.56 Å². The van der Waals surface area contributed by atoms with Crippen molar-refractivity contribution in [1.82, 2.24) is 9.55 Å². The molecule has 31 heavy (non-hydrogen) atoms. The second kappa shape index (κ2) is 7.18. The van der Waals surface area contributed by atoms with Crippen molar-refractivity contribution in [3.8, 4) is 0 Å². The number of pyridine rings is 1. The second-order valence-electron chi connectivity index (χ2n) is 9.55. The minimum absolute atomic E-state index is 0.155. The Morgan fingerprint density at radius 1 is 1.29 bits per heavy atom. The first-order valence-corrected chi connectivity index (χ1v) is 11.0. The van der Waals surface area contributed by atoms with Crippen molar-refractivity contribution >= 4 is 29.3 Å². The van der Waals surface area contributed by atoms with E-state index >= 15 is 0 Å². The second-order valence-corrected chi connectivity index (χ2v) is 9.55. The summed E-state index contributed by atoms with van der Waals surface area (Å²) in [5.74, 6) is 1.91. The molecule has 2 aliphatic rings. The Labute approximate surface area is 182 Å². The van der Waals surface area contributed by atoms with Gasteiger partial charge in [-0.2, -0.15) is 0 Å². The molecular formula is C25H30N4O2. The van der Waals surface area contributed by atoms with Gasteiger partial charge in [-0.15, -0.1) is 0 Å². The summed E-state index contributed by atoms with van der Waals surface area (Å²) in [7, 11) is 0. The molecule has 6 heteroatoms. The minimum Gasteiger partial charge on any atom is -0.390 e. The number of anilines is 1. The van der Waals surface area contributed by atoms with Crippen LogP contribution in [-0.4, -0.2) is 38.7 Å². The summed E-state index contributed by atoms with van der Waals surface area (Å²) in [6.45, 7) is 7.87. The fraction of sp³-hybridized carbons (Fsp3) is 0.440. The average molecular weight is 419 g/mol. The van der Waals surface area contributed by atoms with E-state index in [1.807, 2.05) is 22.9 Å². The molecule has 2 heterocycles. The van der Waals surface area contributed by atoms with Gasteiger partial charge < -0.3 is 20.5 Å². The smallest absolute Gasteiger partial charge is 0.132 e. The first-order valence-electron chi connectivity index (χ1n) is 11.0. The third-order valence-corrected chi connectivity index (χ3v) is 7.54. The van der Waals surface area contributed by atoms with Crippen LogP contribution in [0.5, 0.6) is 0 Å². The van der Waals surface area contributed by atoms with Crippen molar-refractivity contribution in [1.29, 1.82) is 0 Å². The molecule has 0 saturated heterocycles. The lowest BCUT2D eigenvalue weighted by Gasteiger charge is -2.25. The van der Waals surface area contributed by atoms with Gasteiger partial charge in [-0.3, -0.25) is 0 Å². The normalized spacial score (nSPS) is 29.5. The molecule has 0 spiro atoms. The van der Waals surface area contributed by atoms with Crippen LogP contribution in [0.3, 0.4) is 0 Å². The van der Waals surface area contributed by atoms with E-state index in [-0.39, 0.29) is 17.4 Å². The van der Waals surface area contributed by atoms with Crippen molar-refractivity contribution in [2.45, 2.75) is 57.3 Å². The Bertz CT molecular complexity index is 1150. The maximum absolute atomic E-state index is 10.9. The molecule has 5 atom stereocenters. The fourth-order valence-corrected chi connectivity index (χ4v) is 5.72. The summed E-state index contributed by atoms with van der Waals surface area (Å²) in [5, 5.41) is 22.8. The standard InChI is InChI=1S/C25H30N4O2/c1-14(2)17-12-16-7-6-15(11-19(16)28-24(17)26)8-9-25-13-18(25)21(22(30)23(25)31)29-10-4-5-20(29)27-3/h4-7,10-12,14,18,21-23,30-31H,3,8-9,13H2,1-2H3,(H2,26,28)/t18-,21-,22+,23+,25-/m1/s1. The van der Waals surface area contributed by atoms with Crippen molar-refractivity contribution in [2.75, 3.05) is 5.73 Å². The molecule has 162 valence electrons. The number of aliphatic imine (C=N–C) groups is 1. The van der Waals surface area contributed by atoms with E-state index in [2.05, 4.69) is 54.8 Å². The molecule has 0 amide bonds. The van der Waals surface area contributed by atoms with Crippen molar-refractivity contribution < 1.29 is 10.2 Å². The van der Waals surface area contributed by atoms with E-state index in [9.17, 15) is 10.2 Å². The summed E-state index contributed by atoms with van der Waals surface area (Å²) in [6.07, 6.45) is 2.97. The Morgan fingerprint density at radius 2 is 2.10 bits per heavy atom. The van der Waals surface area contributed by atoms with Gasteiger partial charge in [0.2, 0.25) is 0 Å². The van der Waals surface area contributed by atoms with Crippen LogP contribution in [0.2, 0.25) is 0 Å². The van der Waals surface area contributed by atoms with Gasteiger partial charge in [-0.05, 0) is 73.2 Å². The number of nitrogens with two attached hydrogens (primary N) is 1. The Kier molecular flexibility index (Phi) is 4.68. The largest absolute Gasteiger partial charge is 0.390 e. The van der Waals surface area contributed by atoms with Crippen molar-refractivity contribution in [3.05, 3.63) is 53.7 Å². The summed E-state index contributed by atoms with van der Waals surface area (Å²) < 4.78 is 1.97. The number of nitrogens with zero attached hydrogens (tertiary/aromatic N) is 3. The SMILES string of the molecule is C=Nc1cccn1[C@H]1[C@H](O)[C@H](O)[C@]2(CCc3ccc4cc(C(C)C)c(N)nc4c3)C[C@H]12. The Morgan fingerprint density at radius 3 is 2.84 bits per heavy atom. The van der Waals surface area contributed by atoms with Gasteiger partial charge in [0.25, 0.3) is 0 Å². The van der Waals surface area contributed by atoms with Gasteiger partial charge in [0.05, 0.1) is 17.7 Å². The average Bonchev–Trinajstić information content (AvgIpc) is 3.19. The highest BCUT2D eigenvalue weighted by atomic mass is 16.3. The number of rotatable bonds is 6. The molecule has 6 nitrogen and oxygen atoms in total.